The molecule has 1 N–H and O–H groups in total. The fraction of sp³-hybridized carbons (Fsp3) is 0. The molecule has 0 aliphatic heterocycles. The van der Waals surface area contributed by atoms with Gasteiger partial charge < -0.3 is 5.32 Å². The molecule has 0 fully saturated rings. The van der Waals surface area contributed by atoms with Gasteiger partial charge in [0, 0.05) is 0 Å². The van der Waals surface area contributed by atoms with E-state index < -0.39 is 5.82 Å². The summed E-state index contributed by atoms with van der Waals surface area (Å²) in [4.78, 5) is 10.3. The standard InChI is InChI=1S/C7H2Br2Cl2FNO/c8-2-4(10)6(12)5(11)3(9)7(2)13-1-14/h1H,(H,13,14). The molecule has 0 aliphatic carbocycles. The van der Waals surface area contributed by atoms with Crippen molar-refractivity contribution in [1.29, 1.82) is 0 Å². The second-order valence-electron chi connectivity index (χ2n) is 2.21. The Balaban J connectivity index is 3.50. The Morgan fingerprint density at radius 3 is 2.00 bits per heavy atom. The Morgan fingerprint density at radius 2 is 1.64 bits per heavy atom. The maximum Gasteiger partial charge on any atom is 0.211 e. The van der Waals surface area contributed by atoms with Crippen LogP contribution in [0.2, 0.25) is 10.0 Å². The van der Waals surface area contributed by atoms with Gasteiger partial charge in [0.1, 0.15) is 0 Å². The summed E-state index contributed by atoms with van der Waals surface area (Å²) in [7, 11) is 0. The van der Waals surface area contributed by atoms with Crippen molar-refractivity contribution in [3.63, 3.8) is 0 Å². The van der Waals surface area contributed by atoms with Crippen molar-refractivity contribution in [2.75, 3.05) is 5.32 Å². The smallest absolute Gasteiger partial charge is 0.211 e. The lowest BCUT2D eigenvalue weighted by Gasteiger charge is -2.10. The first kappa shape index (κ1) is 12.2. The lowest BCUT2D eigenvalue weighted by molar-refractivity contribution is -0.105. The zero-order chi connectivity index (χ0) is 10.9. The Labute approximate surface area is 106 Å². The van der Waals surface area contributed by atoms with E-state index in [9.17, 15) is 9.18 Å². The number of hydrogen-bond donors (Lipinski definition) is 1. The van der Waals surface area contributed by atoms with E-state index in [0.29, 0.717) is 6.41 Å². The normalized spacial score (nSPS) is 10.1. The van der Waals surface area contributed by atoms with Crippen molar-refractivity contribution in [3.8, 4) is 0 Å². The highest BCUT2D eigenvalue weighted by atomic mass is 79.9. The van der Waals surface area contributed by atoms with Gasteiger partial charge in [-0.3, -0.25) is 4.79 Å². The topological polar surface area (TPSA) is 29.1 Å². The minimum Gasteiger partial charge on any atom is -0.327 e. The van der Waals surface area contributed by atoms with E-state index in [4.69, 9.17) is 23.2 Å². The molecule has 0 aliphatic rings. The number of rotatable bonds is 2. The quantitative estimate of drug-likeness (QED) is 0.474. The summed E-state index contributed by atoms with van der Waals surface area (Å²) in [6.45, 7) is 0. The summed E-state index contributed by atoms with van der Waals surface area (Å²) in [5, 5.41) is 1.99. The molecule has 0 atom stereocenters. The van der Waals surface area contributed by atoms with E-state index in [-0.39, 0.29) is 24.7 Å². The summed E-state index contributed by atoms with van der Waals surface area (Å²) in [5.74, 6) is -0.747. The van der Waals surface area contributed by atoms with E-state index >= 15 is 0 Å². The average molecular weight is 366 g/mol. The largest absolute Gasteiger partial charge is 0.327 e. The fourth-order valence-corrected chi connectivity index (χ4v) is 2.46. The zero-order valence-corrected chi connectivity index (χ0v) is 11.1. The molecule has 0 heterocycles. The molecule has 0 spiro atoms. The van der Waals surface area contributed by atoms with Crippen molar-refractivity contribution in [2.24, 2.45) is 0 Å². The minimum atomic E-state index is -0.747. The maximum atomic E-state index is 13.2. The molecular formula is C7H2Br2Cl2FNO. The lowest BCUT2D eigenvalue weighted by atomic mass is 10.3. The van der Waals surface area contributed by atoms with Gasteiger partial charge in [-0.2, -0.15) is 0 Å². The number of nitrogens with one attached hydrogen (secondary N) is 1. The van der Waals surface area contributed by atoms with E-state index in [1.807, 2.05) is 0 Å². The summed E-state index contributed by atoms with van der Waals surface area (Å²) >= 11 is 17.3. The summed E-state index contributed by atoms with van der Waals surface area (Å²) < 4.78 is 13.7. The Bertz CT molecular complexity index is 371. The number of hydrogen-bond acceptors (Lipinski definition) is 1. The monoisotopic (exact) mass is 363 g/mol. The molecular weight excluding hydrogens is 364 g/mol. The van der Waals surface area contributed by atoms with Gasteiger partial charge in [-0.15, -0.1) is 0 Å². The third kappa shape index (κ3) is 2.05. The molecule has 14 heavy (non-hydrogen) atoms. The Hall–Kier alpha value is 0.160. The first-order chi connectivity index (χ1) is 6.50. The average Bonchev–Trinajstić information content (AvgIpc) is 2.19. The highest BCUT2D eigenvalue weighted by Gasteiger charge is 2.19. The molecule has 0 saturated carbocycles. The number of amides is 1. The van der Waals surface area contributed by atoms with Crippen molar-refractivity contribution in [3.05, 3.63) is 24.8 Å². The van der Waals surface area contributed by atoms with E-state index in [2.05, 4.69) is 37.2 Å². The molecule has 1 aromatic rings. The predicted octanol–water partition coefficient (Wildman–Crippen LogP) is 4.23. The van der Waals surface area contributed by atoms with Gasteiger partial charge in [-0.1, -0.05) is 23.2 Å². The van der Waals surface area contributed by atoms with Gasteiger partial charge >= 0.3 is 0 Å². The van der Waals surface area contributed by atoms with E-state index in [0.717, 1.165) is 0 Å². The Kier molecular flexibility index (Phi) is 4.18. The molecule has 0 saturated heterocycles. The molecule has 0 unspecified atom stereocenters. The number of anilines is 1. The third-order valence-corrected chi connectivity index (χ3v) is 4.17. The predicted molar refractivity (Wildman–Crippen MR) is 61.5 cm³/mol. The molecule has 1 rings (SSSR count). The highest BCUT2D eigenvalue weighted by Crippen LogP contribution is 2.43. The minimum absolute atomic E-state index is 0.178. The van der Waals surface area contributed by atoms with E-state index in [1.54, 1.807) is 0 Å². The molecule has 1 aromatic carbocycles. The number of carbonyl (C=O) groups is 1. The van der Waals surface area contributed by atoms with E-state index in [1.165, 1.54) is 0 Å². The van der Waals surface area contributed by atoms with Gasteiger partial charge in [0.2, 0.25) is 6.41 Å². The van der Waals surface area contributed by atoms with Gasteiger partial charge in [-0.05, 0) is 31.9 Å². The van der Waals surface area contributed by atoms with Crippen LogP contribution >= 0.6 is 55.1 Å². The number of benzene rings is 1. The van der Waals surface area contributed by atoms with Crippen LogP contribution in [0.25, 0.3) is 0 Å². The van der Waals surface area contributed by atoms with Crippen LogP contribution in [0.4, 0.5) is 10.1 Å². The van der Waals surface area contributed by atoms with Crippen LogP contribution in [0, 0.1) is 5.82 Å². The van der Waals surface area contributed by atoms with Crippen LogP contribution in [0.3, 0.4) is 0 Å². The van der Waals surface area contributed by atoms with Crippen LogP contribution in [0.5, 0.6) is 0 Å². The fourth-order valence-electron chi connectivity index (χ4n) is 0.791. The number of carbonyl (C=O) groups excluding carboxylic acids is 1. The second kappa shape index (κ2) is 4.79. The second-order valence-corrected chi connectivity index (χ2v) is 4.55. The van der Waals surface area contributed by atoms with Crippen molar-refractivity contribution in [1.82, 2.24) is 0 Å². The van der Waals surface area contributed by atoms with Gasteiger partial charge in [-0.25, -0.2) is 4.39 Å². The van der Waals surface area contributed by atoms with Gasteiger partial charge in [0.25, 0.3) is 0 Å². The van der Waals surface area contributed by atoms with Crippen molar-refractivity contribution < 1.29 is 9.18 Å². The lowest BCUT2D eigenvalue weighted by Crippen LogP contribution is -1.98. The summed E-state index contributed by atoms with van der Waals surface area (Å²) in [6, 6.07) is 0. The molecule has 1 amide bonds. The first-order valence-corrected chi connectivity index (χ1v) is 5.56. The Morgan fingerprint density at radius 1 is 1.21 bits per heavy atom. The molecule has 7 heteroatoms. The molecule has 2 nitrogen and oxygen atoms in total. The highest BCUT2D eigenvalue weighted by molar-refractivity contribution is 9.11. The summed E-state index contributed by atoms with van der Waals surface area (Å²) in [6.07, 6.45) is 0.440. The molecule has 0 radical (unpaired) electrons. The van der Waals surface area contributed by atoms with Crippen LogP contribution in [-0.2, 0) is 4.79 Å². The molecule has 76 valence electrons. The van der Waals surface area contributed by atoms with Crippen LogP contribution in [-0.4, -0.2) is 6.41 Å². The van der Waals surface area contributed by atoms with Crippen LogP contribution < -0.4 is 5.32 Å². The maximum absolute atomic E-state index is 13.2. The number of halogens is 5. The molecule has 0 bridgehead atoms. The van der Waals surface area contributed by atoms with Crippen molar-refractivity contribution in [2.45, 2.75) is 0 Å². The van der Waals surface area contributed by atoms with Gasteiger partial charge in [0.15, 0.2) is 5.82 Å². The van der Waals surface area contributed by atoms with Crippen LogP contribution in [0.1, 0.15) is 0 Å². The SMILES string of the molecule is O=CNc1c(Br)c(Cl)c(F)c(Cl)c1Br. The first-order valence-electron chi connectivity index (χ1n) is 3.22. The van der Waals surface area contributed by atoms with Crippen LogP contribution in [0.15, 0.2) is 8.95 Å². The zero-order valence-electron chi connectivity index (χ0n) is 6.38. The molecule has 0 aromatic heterocycles. The van der Waals surface area contributed by atoms with Gasteiger partial charge in [0.05, 0.1) is 24.7 Å². The third-order valence-electron chi connectivity index (χ3n) is 1.41. The summed E-state index contributed by atoms with van der Waals surface area (Å²) in [5.41, 5.74) is 0.288. The van der Waals surface area contributed by atoms with Crippen molar-refractivity contribution >= 4 is 67.2 Å².